The van der Waals surface area contributed by atoms with Gasteiger partial charge in [0.05, 0.1) is 11.4 Å². The number of rotatable bonds is 2. The van der Waals surface area contributed by atoms with Gasteiger partial charge in [0.15, 0.2) is 0 Å². The number of nitrogens with zero attached hydrogens (tertiary/aromatic N) is 1. The van der Waals surface area contributed by atoms with E-state index in [2.05, 4.69) is 5.32 Å². The lowest BCUT2D eigenvalue weighted by molar-refractivity contribution is 0.624. The van der Waals surface area contributed by atoms with Crippen LogP contribution in [0.15, 0.2) is 48.5 Å². The maximum Gasteiger partial charge on any atom is 0.148 e. The zero-order valence-corrected chi connectivity index (χ0v) is 8.44. The minimum absolute atomic E-state index is 0.291. The van der Waals surface area contributed by atoms with Gasteiger partial charge >= 0.3 is 0 Å². The second kappa shape index (κ2) is 4.13. The Labute approximate surface area is 88.6 Å². The van der Waals surface area contributed by atoms with Crippen LogP contribution in [0.25, 0.3) is 0 Å². The quantitative estimate of drug-likeness (QED) is 0.701. The number of hydrogen-bond donors (Lipinski definition) is 0. The summed E-state index contributed by atoms with van der Waals surface area (Å²) in [6, 6.07) is 14.2. The Morgan fingerprint density at radius 1 is 0.867 bits per heavy atom. The lowest BCUT2D eigenvalue weighted by atomic mass is 10.2. The minimum Gasteiger partial charge on any atom is -0.246 e. The van der Waals surface area contributed by atoms with Crippen LogP contribution in [0.1, 0.15) is 5.56 Å². The van der Waals surface area contributed by atoms with Crippen LogP contribution in [0.2, 0.25) is 0 Å². The number of para-hydroxylation sites is 2. The van der Waals surface area contributed by atoms with Gasteiger partial charge in [0.25, 0.3) is 0 Å². The molecule has 15 heavy (non-hydrogen) atoms. The molecule has 0 fully saturated rings. The third-order valence-electron chi connectivity index (χ3n) is 2.21. The lowest BCUT2D eigenvalue weighted by Crippen LogP contribution is -1.93. The van der Waals surface area contributed by atoms with E-state index in [1.807, 2.05) is 31.2 Å². The van der Waals surface area contributed by atoms with Crippen LogP contribution >= 0.6 is 0 Å². The maximum absolute atomic E-state index is 13.3. The summed E-state index contributed by atoms with van der Waals surface area (Å²) < 4.78 is 13.3. The lowest BCUT2D eigenvalue weighted by Gasteiger charge is -2.06. The van der Waals surface area contributed by atoms with Gasteiger partial charge in [0.2, 0.25) is 0 Å². The van der Waals surface area contributed by atoms with E-state index in [0.717, 1.165) is 11.3 Å². The molecular weight excluding hydrogens is 189 g/mol. The summed E-state index contributed by atoms with van der Waals surface area (Å²) in [5.41, 5.74) is 2.23. The van der Waals surface area contributed by atoms with E-state index in [9.17, 15) is 4.39 Å². The Morgan fingerprint density at radius 3 is 2.13 bits per heavy atom. The Balaban J connectivity index is 2.30. The highest BCUT2D eigenvalue weighted by Gasteiger charge is 2.04. The molecule has 2 heteroatoms. The van der Waals surface area contributed by atoms with Crippen molar-refractivity contribution in [3.8, 4) is 0 Å². The fraction of sp³-hybridized carbons (Fsp3) is 0.0769. The standard InChI is InChI=1S/C13H11FN/c1-10-6-2-4-8-12(10)15-13-9-5-3-7-11(13)14/h2-9H,1H3. The average molecular weight is 200 g/mol. The van der Waals surface area contributed by atoms with Gasteiger partial charge in [-0.25, -0.2) is 9.71 Å². The number of hydrogen-bond acceptors (Lipinski definition) is 0. The first-order valence-electron chi connectivity index (χ1n) is 4.79. The Kier molecular flexibility index (Phi) is 2.68. The van der Waals surface area contributed by atoms with Crippen molar-refractivity contribution in [3.05, 3.63) is 59.9 Å². The Morgan fingerprint density at radius 2 is 1.47 bits per heavy atom. The van der Waals surface area contributed by atoms with Crippen LogP contribution in [-0.2, 0) is 0 Å². The summed E-state index contributed by atoms with van der Waals surface area (Å²) in [6.45, 7) is 1.96. The zero-order valence-electron chi connectivity index (χ0n) is 8.44. The first-order valence-corrected chi connectivity index (χ1v) is 4.79. The van der Waals surface area contributed by atoms with Crippen LogP contribution in [-0.4, -0.2) is 0 Å². The van der Waals surface area contributed by atoms with Crippen molar-refractivity contribution in [2.45, 2.75) is 6.92 Å². The first-order chi connectivity index (χ1) is 7.27. The molecule has 0 aliphatic rings. The van der Waals surface area contributed by atoms with Gasteiger partial charge in [-0.2, -0.15) is 0 Å². The predicted octanol–water partition coefficient (Wildman–Crippen LogP) is 3.70. The van der Waals surface area contributed by atoms with Crippen molar-refractivity contribution in [1.82, 2.24) is 5.32 Å². The molecule has 0 aromatic heterocycles. The van der Waals surface area contributed by atoms with Crippen molar-refractivity contribution < 1.29 is 4.39 Å². The van der Waals surface area contributed by atoms with Gasteiger partial charge in [-0.05, 0) is 30.7 Å². The molecule has 0 atom stereocenters. The third kappa shape index (κ3) is 2.15. The summed E-state index contributed by atoms with van der Waals surface area (Å²) >= 11 is 0. The summed E-state index contributed by atoms with van der Waals surface area (Å²) in [6.07, 6.45) is 0. The second-order valence-corrected chi connectivity index (χ2v) is 3.35. The van der Waals surface area contributed by atoms with Gasteiger partial charge in [-0.15, -0.1) is 0 Å². The van der Waals surface area contributed by atoms with Crippen LogP contribution in [0.4, 0.5) is 15.8 Å². The molecule has 0 spiro atoms. The SMILES string of the molecule is Cc1ccccc1[N]c1ccccc1F. The van der Waals surface area contributed by atoms with E-state index in [1.54, 1.807) is 18.2 Å². The molecule has 0 aliphatic heterocycles. The average Bonchev–Trinajstić information content (AvgIpc) is 2.24. The topological polar surface area (TPSA) is 14.1 Å². The van der Waals surface area contributed by atoms with E-state index in [1.165, 1.54) is 6.07 Å². The smallest absolute Gasteiger partial charge is 0.148 e. The molecule has 0 heterocycles. The van der Waals surface area contributed by atoms with Crippen molar-refractivity contribution in [2.24, 2.45) is 0 Å². The number of halogens is 1. The molecule has 0 saturated heterocycles. The second-order valence-electron chi connectivity index (χ2n) is 3.35. The Bertz CT molecular complexity index is 422. The molecule has 2 aromatic rings. The molecule has 75 valence electrons. The van der Waals surface area contributed by atoms with Crippen molar-refractivity contribution in [2.75, 3.05) is 0 Å². The van der Waals surface area contributed by atoms with E-state index in [-0.39, 0.29) is 5.82 Å². The molecule has 0 N–H and O–H groups in total. The largest absolute Gasteiger partial charge is 0.246 e. The molecule has 2 aromatic carbocycles. The summed E-state index contributed by atoms with van der Waals surface area (Å²) in [7, 11) is 0. The van der Waals surface area contributed by atoms with Crippen LogP contribution in [0.5, 0.6) is 0 Å². The highest BCUT2D eigenvalue weighted by atomic mass is 19.1. The number of benzene rings is 2. The van der Waals surface area contributed by atoms with Gasteiger partial charge in [0, 0.05) is 0 Å². The molecule has 0 aliphatic carbocycles. The van der Waals surface area contributed by atoms with Gasteiger partial charge in [-0.1, -0.05) is 30.3 Å². The van der Waals surface area contributed by atoms with E-state index in [0.29, 0.717) is 5.69 Å². The molecular formula is C13H11FN. The molecule has 0 saturated carbocycles. The van der Waals surface area contributed by atoms with Crippen molar-refractivity contribution in [3.63, 3.8) is 0 Å². The van der Waals surface area contributed by atoms with Gasteiger partial charge in [0.1, 0.15) is 5.82 Å². The molecule has 1 radical (unpaired) electrons. The van der Waals surface area contributed by atoms with Crippen LogP contribution in [0, 0.1) is 12.7 Å². The number of aryl methyl sites for hydroxylation is 1. The third-order valence-corrected chi connectivity index (χ3v) is 2.21. The molecule has 0 bridgehead atoms. The molecule has 2 rings (SSSR count). The minimum atomic E-state index is -0.291. The van der Waals surface area contributed by atoms with Crippen LogP contribution in [0.3, 0.4) is 0 Å². The fourth-order valence-electron chi connectivity index (χ4n) is 1.36. The zero-order chi connectivity index (χ0) is 10.7. The van der Waals surface area contributed by atoms with Crippen molar-refractivity contribution in [1.29, 1.82) is 0 Å². The van der Waals surface area contributed by atoms with E-state index in [4.69, 9.17) is 0 Å². The maximum atomic E-state index is 13.3. The summed E-state index contributed by atoms with van der Waals surface area (Å²) in [5, 5.41) is 4.27. The van der Waals surface area contributed by atoms with Gasteiger partial charge < -0.3 is 0 Å². The highest BCUT2D eigenvalue weighted by molar-refractivity contribution is 5.53. The normalized spacial score (nSPS) is 10.0. The molecule has 0 amide bonds. The van der Waals surface area contributed by atoms with Crippen LogP contribution < -0.4 is 5.32 Å². The van der Waals surface area contributed by atoms with E-state index >= 15 is 0 Å². The van der Waals surface area contributed by atoms with E-state index < -0.39 is 0 Å². The summed E-state index contributed by atoms with van der Waals surface area (Å²) in [4.78, 5) is 0. The first kappa shape index (κ1) is 9.71. The van der Waals surface area contributed by atoms with Crippen molar-refractivity contribution >= 4 is 11.4 Å². The molecule has 1 nitrogen and oxygen atoms in total. The Hall–Kier alpha value is -1.83. The fourth-order valence-corrected chi connectivity index (χ4v) is 1.36. The predicted molar refractivity (Wildman–Crippen MR) is 59.0 cm³/mol. The monoisotopic (exact) mass is 200 g/mol. The molecule has 0 unspecified atom stereocenters. The summed E-state index contributed by atoms with van der Waals surface area (Å²) in [5.74, 6) is -0.291. The van der Waals surface area contributed by atoms with Gasteiger partial charge in [-0.3, -0.25) is 0 Å². The highest BCUT2D eigenvalue weighted by Crippen LogP contribution is 2.22.